The molecule has 1 aliphatic heterocycles. The van der Waals surface area contributed by atoms with Crippen molar-refractivity contribution in [3.05, 3.63) is 58.1 Å². The van der Waals surface area contributed by atoms with E-state index in [1.165, 1.54) is 25.3 Å². The molecule has 0 fully saturated rings. The molecule has 2 aromatic carbocycles. The van der Waals surface area contributed by atoms with E-state index in [9.17, 15) is 18.0 Å². The maximum absolute atomic E-state index is 13.1. The Morgan fingerprint density at radius 3 is 2.26 bits per heavy atom. The molecule has 9 nitrogen and oxygen atoms in total. The van der Waals surface area contributed by atoms with Crippen LogP contribution in [0.5, 0.6) is 5.75 Å². The number of nitrogens with one attached hydrogen (secondary N) is 1. The van der Waals surface area contributed by atoms with E-state index >= 15 is 0 Å². The fraction of sp³-hybridized carbons (Fsp3) is 0.500. The molecule has 0 saturated carbocycles. The van der Waals surface area contributed by atoms with Crippen molar-refractivity contribution in [1.29, 1.82) is 0 Å². The molecule has 38 heavy (non-hydrogen) atoms. The van der Waals surface area contributed by atoms with Gasteiger partial charge in [0.15, 0.2) is 0 Å². The smallest absolute Gasteiger partial charge is 0.243 e. The Kier molecular flexibility index (Phi) is 9.92. The van der Waals surface area contributed by atoms with Crippen LogP contribution in [0.25, 0.3) is 0 Å². The van der Waals surface area contributed by atoms with E-state index in [2.05, 4.69) is 35.3 Å². The number of nitrogens with zero attached hydrogens (tertiary/aromatic N) is 3. The Morgan fingerprint density at radius 2 is 1.66 bits per heavy atom. The average molecular weight is 545 g/mol. The predicted octanol–water partition coefficient (Wildman–Crippen LogP) is 2.13. The summed E-state index contributed by atoms with van der Waals surface area (Å²) in [5.74, 6) is -0.235. The second-order valence-electron chi connectivity index (χ2n) is 9.92. The lowest BCUT2D eigenvalue weighted by Crippen LogP contribution is -2.43. The van der Waals surface area contributed by atoms with Crippen LogP contribution in [0.3, 0.4) is 0 Å². The van der Waals surface area contributed by atoms with Gasteiger partial charge in [-0.05, 0) is 73.2 Å². The van der Waals surface area contributed by atoms with E-state index in [4.69, 9.17) is 4.74 Å². The van der Waals surface area contributed by atoms with Gasteiger partial charge >= 0.3 is 0 Å². The third-order valence-corrected chi connectivity index (χ3v) is 9.21. The van der Waals surface area contributed by atoms with E-state index < -0.39 is 22.5 Å². The van der Waals surface area contributed by atoms with E-state index in [1.54, 1.807) is 37.9 Å². The zero-order valence-electron chi connectivity index (χ0n) is 23.3. The highest BCUT2D eigenvalue weighted by Gasteiger charge is 2.27. The minimum absolute atomic E-state index is 0.146. The number of hydrogen-bond donors (Lipinski definition) is 1. The van der Waals surface area contributed by atoms with Crippen LogP contribution in [0.15, 0.2) is 35.2 Å². The summed E-state index contributed by atoms with van der Waals surface area (Å²) in [6.07, 6.45) is 2.03. The van der Waals surface area contributed by atoms with Crippen molar-refractivity contribution in [2.75, 3.05) is 53.9 Å². The van der Waals surface area contributed by atoms with E-state index in [0.717, 1.165) is 42.3 Å². The molecule has 10 heteroatoms. The lowest BCUT2D eigenvalue weighted by Gasteiger charge is -2.21. The maximum Gasteiger partial charge on any atom is 0.243 e. The summed E-state index contributed by atoms with van der Waals surface area (Å²) < 4.78 is 32.5. The van der Waals surface area contributed by atoms with Gasteiger partial charge < -0.3 is 19.9 Å². The highest BCUT2D eigenvalue weighted by atomic mass is 32.2. The Labute approximate surface area is 226 Å². The molecular formula is C28H40N4O5S. The van der Waals surface area contributed by atoms with Crippen molar-refractivity contribution in [1.82, 2.24) is 19.4 Å². The number of benzene rings is 2. The van der Waals surface area contributed by atoms with E-state index in [0.29, 0.717) is 23.4 Å². The number of ether oxygens (including phenoxy) is 1. The predicted molar refractivity (Wildman–Crippen MR) is 148 cm³/mol. The molecule has 0 unspecified atom stereocenters. The van der Waals surface area contributed by atoms with Crippen LogP contribution in [0.4, 0.5) is 0 Å². The molecule has 0 radical (unpaired) electrons. The van der Waals surface area contributed by atoms with Gasteiger partial charge in [0.2, 0.25) is 21.8 Å². The molecule has 208 valence electrons. The minimum atomic E-state index is -3.91. The molecule has 2 amide bonds. The number of carbonyl (C=O) groups excluding carboxylic acids is 2. The van der Waals surface area contributed by atoms with Gasteiger partial charge in [0.05, 0.1) is 25.1 Å². The first-order chi connectivity index (χ1) is 18.0. The Hall–Kier alpha value is -2.95. The van der Waals surface area contributed by atoms with Crippen molar-refractivity contribution in [2.24, 2.45) is 0 Å². The van der Waals surface area contributed by atoms with Crippen molar-refractivity contribution in [3.8, 4) is 5.75 Å². The number of sulfonamides is 1. The quantitative estimate of drug-likeness (QED) is 0.492. The SMILES string of the molecule is CCN1CCc2ccc(CN(C)C(=O)CNC(=O)CN(C)S(=O)(=O)c3c(C)cc(OC)cc3C)cc2CC1. The molecule has 1 aliphatic rings. The number of amides is 2. The molecule has 0 atom stereocenters. The van der Waals surface area contributed by atoms with Gasteiger partial charge in [0.25, 0.3) is 0 Å². The van der Waals surface area contributed by atoms with Crippen LogP contribution in [-0.2, 0) is 39.0 Å². The first kappa shape index (κ1) is 29.6. The fourth-order valence-electron chi connectivity index (χ4n) is 4.84. The molecule has 0 bridgehead atoms. The number of hydrogen-bond acceptors (Lipinski definition) is 6. The largest absolute Gasteiger partial charge is 0.497 e. The highest BCUT2D eigenvalue weighted by Crippen LogP contribution is 2.27. The van der Waals surface area contributed by atoms with Crippen LogP contribution in [-0.4, -0.2) is 88.3 Å². The average Bonchev–Trinajstić information content (AvgIpc) is 3.08. The first-order valence-corrected chi connectivity index (χ1v) is 14.4. The van der Waals surface area contributed by atoms with Gasteiger partial charge in [-0.3, -0.25) is 9.59 Å². The number of aryl methyl sites for hydroxylation is 2. The molecule has 1 N–H and O–H groups in total. The van der Waals surface area contributed by atoms with Crippen molar-refractivity contribution in [3.63, 3.8) is 0 Å². The molecular weight excluding hydrogens is 504 g/mol. The van der Waals surface area contributed by atoms with Crippen LogP contribution in [0.1, 0.15) is 34.7 Å². The minimum Gasteiger partial charge on any atom is -0.497 e. The zero-order chi connectivity index (χ0) is 28.0. The van der Waals surface area contributed by atoms with Gasteiger partial charge in [0, 0.05) is 33.7 Å². The van der Waals surface area contributed by atoms with Crippen LogP contribution < -0.4 is 10.1 Å². The van der Waals surface area contributed by atoms with E-state index in [1.807, 2.05) is 0 Å². The molecule has 0 spiro atoms. The Bertz CT molecular complexity index is 1250. The third kappa shape index (κ3) is 7.12. The standard InChI is InChI=1S/C28H40N4O5S/c1-7-32-12-10-23-9-8-22(16-24(23)11-13-32)18-30(4)27(34)17-29-26(33)19-31(5)38(35,36)28-20(2)14-25(37-6)15-21(28)3/h8-9,14-16H,7,10-13,17-19H2,1-6H3,(H,29,33). The Balaban J connectivity index is 1.54. The summed E-state index contributed by atoms with van der Waals surface area (Å²) >= 11 is 0. The van der Waals surface area contributed by atoms with Crippen LogP contribution in [0.2, 0.25) is 0 Å². The van der Waals surface area contributed by atoms with Gasteiger partial charge in [-0.1, -0.05) is 25.1 Å². The topological polar surface area (TPSA) is 99.3 Å². The molecule has 0 saturated heterocycles. The number of carbonyl (C=O) groups is 2. The van der Waals surface area contributed by atoms with Crippen molar-refractivity contribution in [2.45, 2.75) is 45.1 Å². The molecule has 1 heterocycles. The Morgan fingerprint density at radius 1 is 1.03 bits per heavy atom. The first-order valence-electron chi connectivity index (χ1n) is 12.9. The molecule has 0 aromatic heterocycles. The fourth-order valence-corrected chi connectivity index (χ4v) is 6.38. The lowest BCUT2D eigenvalue weighted by molar-refractivity contribution is -0.132. The van der Waals surface area contributed by atoms with Crippen LogP contribution >= 0.6 is 0 Å². The lowest BCUT2D eigenvalue weighted by atomic mass is 10.00. The normalized spacial score (nSPS) is 14.1. The van der Waals surface area contributed by atoms with Crippen molar-refractivity contribution >= 4 is 21.8 Å². The summed E-state index contributed by atoms with van der Waals surface area (Å²) in [4.78, 5) is 29.4. The summed E-state index contributed by atoms with van der Waals surface area (Å²) in [5, 5.41) is 2.56. The monoisotopic (exact) mass is 544 g/mol. The van der Waals surface area contributed by atoms with Crippen LogP contribution in [0, 0.1) is 13.8 Å². The summed E-state index contributed by atoms with van der Waals surface area (Å²) in [6.45, 7) is 8.54. The van der Waals surface area contributed by atoms with Gasteiger partial charge in [-0.25, -0.2) is 8.42 Å². The molecule has 3 rings (SSSR count). The number of methoxy groups -OCH3 is 1. The zero-order valence-corrected chi connectivity index (χ0v) is 24.2. The number of rotatable bonds is 10. The van der Waals surface area contributed by atoms with Gasteiger partial charge in [0.1, 0.15) is 5.75 Å². The number of likely N-dealkylation sites (N-methyl/N-ethyl adjacent to an activating group) is 3. The van der Waals surface area contributed by atoms with Gasteiger partial charge in [-0.2, -0.15) is 4.31 Å². The summed E-state index contributed by atoms with van der Waals surface area (Å²) in [5.41, 5.74) is 4.81. The second kappa shape index (κ2) is 12.7. The van der Waals surface area contributed by atoms with Crippen molar-refractivity contribution < 1.29 is 22.7 Å². The second-order valence-corrected chi connectivity index (χ2v) is 11.9. The maximum atomic E-state index is 13.1. The summed E-state index contributed by atoms with van der Waals surface area (Å²) in [6, 6.07) is 9.69. The highest BCUT2D eigenvalue weighted by molar-refractivity contribution is 7.89. The molecule has 2 aromatic rings. The summed E-state index contributed by atoms with van der Waals surface area (Å²) in [7, 11) is 0.657. The van der Waals surface area contributed by atoms with E-state index in [-0.39, 0.29) is 17.3 Å². The van der Waals surface area contributed by atoms with Gasteiger partial charge in [-0.15, -0.1) is 0 Å². The number of fused-ring (bicyclic) bond motifs is 1. The third-order valence-electron chi connectivity index (χ3n) is 7.10. The molecule has 0 aliphatic carbocycles.